The molecule has 0 amide bonds. The zero-order valence-corrected chi connectivity index (χ0v) is 5.09. The predicted octanol–water partition coefficient (Wildman–Crippen LogP) is 0.635. The summed E-state index contributed by atoms with van der Waals surface area (Å²) in [5.74, 6) is 0. The van der Waals surface area contributed by atoms with E-state index in [2.05, 4.69) is 10.1 Å². The van der Waals surface area contributed by atoms with Gasteiger partial charge in [-0.1, -0.05) is 5.16 Å². The SMILES string of the molecule is N=c1cnoc2cc[nH]c12. The lowest BCUT2D eigenvalue weighted by Gasteiger charge is -1.83. The van der Waals surface area contributed by atoms with E-state index in [9.17, 15) is 0 Å². The molecular formula is C6H5N3O. The molecule has 0 spiro atoms. The Kier molecular flexibility index (Phi) is 0.887. The second-order valence-corrected chi connectivity index (χ2v) is 1.96. The van der Waals surface area contributed by atoms with Crippen molar-refractivity contribution in [3.05, 3.63) is 23.8 Å². The minimum Gasteiger partial charge on any atom is -0.357 e. The fourth-order valence-corrected chi connectivity index (χ4v) is 0.842. The van der Waals surface area contributed by atoms with Crippen LogP contribution in [0.2, 0.25) is 0 Å². The molecule has 0 unspecified atom stereocenters. The highest BCUT2D eigenvalue weighted by Gasteiger charge is 1.95. The quantitative estimate of drug-likeness (QED) is 0.556. The van der Waals surface area contributed by atoms with Crippen LogP contribution in [-0.2, 0) is 0 Å². The first kappa shape index (κ1) is 5.22. The van der Waals surface area contributed by atoms with Crippen LogP contribution in [0.3, 0.4) is 0 Å². The Morgan fingerprint density at radius 3 is 3.30 bits per heavy atom. The van der Waals surface area contributed by atoms with Crippen molar-refractivity contribution >= 4 is 11.1 Å². The minimum atomic E-state index is 0.353. The molecule has 4 heteroatoms. The van der Waals surface area contributed by atoms with Crippen molar-refractivity contribution in [2.75, 3.05) is 0 Å². The lowest BCUT2D eigenvalue weighted by atomic mass is 10.4. The Hall–Kier alpha value is -1.58. The number of fused-ring (bicyclic) bond motifs is 1. The summed E-state index contributed by atoms with van der Waals surface area (Å²) in [5.41, 5.74) is 1.31. The van der Waals surface area contributed by atoms with Crippen LogP contribution in [-0.4, -0.2) is 10.1 Å². The van der Waals surface area contributed by atoms with Gasteiger partial charge in [-0.2, -0.15) is 0 Å². The largest absolute Gasteiger partial charge is 0.357 e. The van der Waals surface area contributed by atoms with Crippen molar-refractivity contribution in [2.24, 2.45) is 0 Å². The molecule has 4 nitrogen and oxygen atoms in total. The van der Waals surface area contributed by atoms with Crippen LogP contribution in [0.5, 0.6) is 0 Å². The van der Waals surface area contributed by atoms with E-state index >= 15 is 0 Å². The third-order valence-corrected chi connectivity index (χ3v) is 1.31. The molecular weight excluding hydrogens is 130 g/mol. The van der Waals surface area contributed by atoms with Crippen LogP contribution in [0, 0.1) is 5.41 Å². The zero-order chi connectivity index (χ0) is 6.97. The van der Waals surface area contributed by atoms with Gasteiger partial charge in [0.25, 0.3) is 0 Å². The maximum Gasteiger partial charge on any atom is 0.185 e. The molecule has 0 aliphatic rings. The number of hydrogen-bond acceptors (Lipinski definition) is 3. The molecule has 10 heavy (non-hydrogen) atoms. The average Bonchev–Trinajstić information content (AvgIpc) is 2.36. The number of hydrogen-bond donors (Lipinski definition) is 2. The number of nitrogens with zero attached hydrogens (tertiary/aromatic N) is 1. The lowest BCUT2D eigenvalue weighted by molar-refractivity contribution is 0.440. The van der Waals surface area contributed by atoms with Crippen LogP contribution in [0.1, 0.15) is 0 Å². The van der Waals surface area contributed by atoms with Crippen molar-refractivity contribution in [1.82, 2.24) is 10.1 Å². The van der Waals surface area contributed by atoms with Gasteiger partial charge in [-0.3, -0.25) is 5.41 Å². The van der Waals surface area contributed by atoms with Gasteiger partial charge in [0.15, 0.2) is 5.58 Å². The lowest BCUT2D eigenvalue weighted by Crippen LogP contribution is -1.99. The van der Waals surface area contributed by atoms with Crippen LogP contribution in [0.25, 0.3) is 11.1 Å². The highest BCUT2D eigenvalue weighted by atomic mass is 16.5. The van der Waals surface area contributed by atoms with E-state index in [-0.39, 0.29) is 0 Å². The topological polar surface area (TPSA) is 65.7 Å². The van der Waals surface area contributed by atoms with Crippen LogP contribution < -0.4 is 5.36 Å². The molecule has 0 radical (unpaired) electrons. The molecule has 0 bridgehead atoms. The molecule has 2 aromatic rings. The molecule has 0 saturated heterocycles. The molecule has 0 aromatic carbocycles. The number of H-pyrrole nitrogens is 1. The van der Waals surface area contributed by atoms with E-state index < -0.39 is 0 Å². The fourth-order valence-electron chi connectivity index (χ4n) is 0.842. The van der Waals surface area contributed by atoms with Crippen molar-refractivity contribution in [1.29, 1.82) is 5.41 Å². The second kappa shape index (κ2) is 1.70. The molecule has 2 rings (SSSR count). The summed E-state index contributed by atoms with van der Waals surface area (Å²) in [6.07, 6.45) is 3.08. The van der Waals surface area contributed by atoms with Crippen LogP contribution in [0.15, 0.2) is 23.0 Å². The molecule has 0 aliphatic carbocycles. The van der Waals surface area contributed by atoms with Crippen molar-refractivity contribution < 1.29 is 4.52 Å². The monoisotopic (exact) mass is 135 g/mol. The number of nitrogens with one attached hydrogen (secondary N) is 2. The Morgan fingerprint density at radius 1 is 1.60 bits per heavy atom. The fraction of sp³-hybridized carbons (Fsp3) is 0. The third-order valence-electron chi connectivity index (χ3n) is 1.31. The van der Waals surface area contributed by atoms with Gasteiger partial charge in [0.2, 0.25) is 0 Å². The third kappa shape index (κ3) is 0.556. The molecule has 0 saturated carbocycles. The van der Waals surface area contributed by atoms with Crippen LogP contribution >= 0.6 is 0 Å². The van der Waals surface area contributed by atoms with Crippen molar-refractivity contribution in [3.8, 4) is 0 Å². The van der Waals surface area contributed by atoms with E-state index in [0.717, 1.165) is 0 Å². The van der Waals surface area contributed by atoms with Crippen molar-refractivity contribution in [3.63, 3.8) is 0 Å². The summed E-state index contributed by atoms with van der Waals surface area (Å²) in [5, 5.41) is 11.2. The van der Waals surface area contributed by atoms with Gasteiger partial charge in [0, 0.05) is 12.3 Å². The second-order valence-electron chi connectivity index (χ2n) is 1.96. The molecule has 2 heterocycles. The first-order valence-corrected chi connectivity index (χ1v) is 2.84. The Labute approximate surface area is 56.0 Å². The average molecular weight is 135 g/mol. The van der Waals surface area contributed by atoms with Gasteiger partial charge in [-0.25, -0.2) is 0 Å². The van der Waals surface area contributed by atoms with Gasteiger partial charge >= 0.3 is 0 Å². The van der Waals surface area contributed by atoms with Crippen LogP contribution in [0.4, 0.5) is 0 Å². The molecule has 2 aromatic heterocycles. The highest BCUT2D eigenvalue weighted by molar-refractivity contribution is 5.70. The zero-order valence-electron chi connectivity index (χ0n) is 5.09. The van der Waals surface area contributed by atoms with E-state index in [1.165, 1.54) is 6.20 Å². The van der Waals surface area contributed by atoms with E-state index in [4.69, 9.17) is 9.93 Å². The Balaban J connectivity index is 3.09. The maximum atomic E-state index is 7.33. The standard InChI is InChI=1S/C6H5N3O/c7-4-3-9-10-5-1-2-8-6(4)5/h1-3,7-8H. The number of aromatic amines is 1. The van der Waals surface area contributed by atoms with E-state index in [0.29, 0.717) is 16.5 Å². The Bertz CT molecular complexity index is 400. The summed E-state index contributed by atoms with van der Waals surface area (Å²) in [6.45, 7) is 0. The minimum absolute atomic E-state index is 0.353. The summed E-state index contributed by atoms with van der Waals surface area (Å²) < 4.78 is 4.83. The molecule has 2 N–H and O–H groups in total. The summed E-state index contributed by atoms with van der Waals surface area (Å²) >= 11 is 0. The van der Waals surface area contributed by atoms with E-state index in [1.54, 1.807) is 12.3 Å². The highest BCUT2D eigenvalue weighted by Crippen LogP contribution is 2.02. The smallest absolute Gasteiger partial charge is 0.185 e. The molecule has 50 valence electrons. The van der Waals surface area contributed by atoms with Gasteiger partial charge in [-0.15, -0.1) is 0 Å². The van der Waals surface area contributed by atoms with E-state index in [1.807, 2.05) is 0 Å². The van der Waals surface area contributed by atoms with Gasteiger partial charge in [0.1, 0.15) is 10.9 Å². The number of rotatable bonds is 0. The van der Waals surface area contributed by atoms with Gasteiger partial charge in [-0.05, 0) is 0 Å². The molecule has 0 fully saturated rings. The first-order valence-electron chi connectivity index (χ1n) is 2.84. The predicted molar refractivity (Wildman–Crippen MR) is 34.2 cm³/mol. The van der Waals surface area contributed by atoms with Gasteiger partial charge < -0.3 is 9.51 Å². The van der Waals surface area contributed by atoms with Crippen molar-refractivity contribution in [2.45, 2.75) is 0 Å². The maximum absolute atomic E-state index is 7.33. The summed E-state index contributed by atoms with van der Waals surface area (Å²) in [6, 6.07) is 1.74. The van der Waals surface area contributed by atoms with Gasteiger partial charge in [0.05, 0.1) is 6.20 Å². The molecule has 0 atom stereocenters. The normalized spacial score (nSPS) is 10.4. The Morgan fingerprint density at radius 2 is 2.50 bits per heavy atom. The first-order chi connectivity index (χ1) is 4.88. The summed E-state index contributed by atoms with van der Waals surface area (Å²) in [7, 11) is 0. The summed E-state index contributed by atoms with van der Waals surface area (Å²) in [4.78, 5) is 2.87. The number of aromatic nitrogens is 2. The molecule has 0 aliphatic heterocycles.